The normalized spacial score (nSPS) is 29.9. The van der Waals surface area contributed by atoms with E-state index < -0.39 is 0 Å². The van der Waals surface area contributed by atoms with Gasteiger partial charge in [0.05, 0.1) is 30.3 Å². The van der Waals surface area contributed by atoms with Gasteiger partial charge in [0.1, 0.15) is 5.75 Å². The molecule has 4 heterocycles. The second-order valence-electron chi connectivity index (χ2n) is 8.32. The first-order valence-electron chi connectivity index (χ1n) is 10.4. The fourth-order valence-electron chi connectivity index (χ4n) is 5.82. The molecule has 0 radical (unpaired) electrons. The van der Waals surface area contributed by atoms with Crippen LogP contribution in [0.15, 0.2) is 48.5 Å². The lowest BCUT2D eigenvalue weighted by atomic mass is 9.75. The van der Waals surface area contributed by atoms with E-state index in [4.69, 9.17) is 4.74 Å². The van der Waals surface area contributed by atoms with Gasteiger partial charge in [-0.05, 0) is 50.0 Å². The molecular weight excluding hydrogens is 362 g/mol. The van der Waals surface area contributed by atoms with Crippen LogP contribution in [-0.4, -0.2) is 54.5 Å². The van der Waals surface area contributed by atoms with Crippen molar-refractivity contribution in [2.24, 2.45) is 5.92 Å². The summed E-state index contributed by atoms with van der Waals surface area (Å²) in [5, 5.41) is 9.50. The minimum absolute atomic E-state index is 0.0108. The standard InChI is InChI=1S/C24H25N3O2/c1-29-21-9-5-4-8-19(21)20-15-27(22-16-10-12-26(13-11-16)23(20)22)24(28)18-7-3-2-6-17(18)14-25/h2-9,16,20,22-23H,10-13,15H2,1H3/t20-,22+,23+/m0/s1. The van der Waals surface area contributed by atoms with Crippen molar-refractivity contribution in [2.45, 2.75) is 30.8 Å². The van der Waals surface area contributed by atoms with Crippen LogP contribution in [0.5, 0.6) is 5.75 Å². The smallest absolute Gasteiger partial charge is 0.255 e. The van der Waals surface area contributed by atoms with Gasteiger partial charge in [0.2, 0.25) is 0 Å². The van der Waals surface area contributed by atoms with Gasteiger partial charge in [-0.3, -0.25) is 9.69 Å². The van der Waals surface area contributed by atoms with Crippen LogP contribution in [0.1, 0.15) is 40.2 Å². The molecule has 0 spiro atoms. The zero-order valence-corrected chi connectivity index (χ0v) is 16.6. The highest BCUT2D eigenvalue weighted by Gasteiger charge is 2.55. The number of fused-ring (bicyclic) bond motifs is 2. The minimum atomic E-state index is -0.0108. The molecule has 4 saturated heterocycles. The predicted molar refractivity (Wildman–Crippen MR) is 110 cm³/mol. The van der Waals surface area contributed by atoms with Crippen LogP contribution in [0.25, 0.3) is 0 Å². The Kier molecular flexibility index (Phi) is 4.52. The molecule has 0 aliphatic carbocycles. The first-order valence-corrected chi connectivity index (χ1v) is 10.4. The summed E-state index contributed by atoms with van der Waals surface area (Å²) in [6, 6.07) is 18.1. The molecule has 148 valence electrons. The summed E-state index contributed by atoms with van der Waals surface area (Å²) in [4.78, 5) is 18.3. The average molecular weight is 387 g/mol. The van der Waals surface area contributed by atoms with E-state index in [0.717, 1.165) is 31.7 Å². The SMILES string of the molecule is COc1ccccc1[C@@H]1CN(C(=O)c2ccccc2C#N)[C@@H]2C3CCN(CC3)[C@@H]21. The molecular formula is C24H25N3O2. The lowest BCUT2D eigenvalue weighted by Crippen LogP contribution is -2.60. The van der Waals surface area contributed by atoms with E-state index in [2.05, 4.69) is 28.0 Å². The van der Waals surface area contributed by atoms with E-state index in [9.17, 15) is 10.1 Å². The topological polar surface area (TPSA) is 56.6 Å². The number of methoxy groups -OCH3 is 1. The molecule has 1 amide bonds. The number of nitriles is 1. The van der Waals surface area contributed by atoms with E-state index in [1.54, 1.807) is 19.2 Å². The average Bonchev–Trinajstić information content (AvgIpc) is 3.22. The van der Waals surface area contributed by atoms with Crippen LogP contribution in [-0.2, 0) is 0 Å². The molecule has 5 nitrogen and oxygen atoms in total. The number of rotatable bonds is 3. The summed E-state index contributed by atoms with van der Waals surface area (Å²) in [5.41, 5.74) is 2.16. The number of benzene rings is 2. The van der Waals surface area contributed by atoms with Gasteiger partial charge in [0.15, 0.2) is 0 Å². The summed E-state index contributed by atoms with van der Waals surface area (Å²) in [5.74, 6) is 1.63. The number of carbonyl (C=O) groups is 1. The van der Waals surface area contributed by atoms with Gasteiger partial charge >= 0.3 is 0 Å². The molecule has 6 rings (SSSR count). The molecule has 0 N–H and O–H groups in total. The number of para-hydroxylation sites is 1. The summed E-state index contributed by atoms with van der Waals surface area (Å²) in [6.45, 7) is 2.88. The molecule has 29 heavy (non-hydrogen) atoms. The van der Waals surface area contributed by atoms with E-state index >= 15 is 0 Å². The van der Waals surface area contributed by atoms with Crippen LogP contribution in [0.4, 0.5) is 0 Å². The Morgan fingerprint density at radius 2 is 1.79 bits per heavy atom. The number of hydrogen-bond donors (Lipinski definition) is 0. The maximum Gasteiger partial charge on any atom is 0.255 e. The maximum absolute atomic E-state index is 13.6. The molecule has 4 aliphatic rings. The molecule has 0 unspecified atom stereocenters. The first kappa shape index (κ1) is 18.2. The third-order valence-electron chi connectivity index (χ3n) is 7.07. The maximum atomic E-state index is 13.6. The summed E-state index contributed by atoms with van der Waals surface area (Å²) < 4.78 is 5.67. The fourth-order valence-corrected chi connectivity index (χ4v) is 5.82. The molecule has 5 heteroatoms. The van der Waals surface area contributed by atoms with Crippen molar-refractivity contribution < 1.29 is 9.53 Å². The summed E-state index contributed by atoms with van der Waals surface area (Å²) >= 11 is 0. The number of nitrogens with zero attached hydrogens (tertiary/aromatic N) is 3. The van der Waals surface area contributed by atoms with Crippen LogP contribution in [0.3, 0.4) is 0 Å². The van der Waals surface area contributed by atoms with Gasteiger partial charge in [-0.1, -0.05) is 30.3 Å². The van der Waals surface area contributed by atoms with E-state index in [1.165, 1.54) is 5.56 Å². The van der Waals surface area contributed by atoms with Gasteiger partial charge in [-0.15, -0.1) is 0 Å². The third-order valence-corrected chi connectivity index (χ3v) is 7.07. The van der Waals surface area contributed by atoms with Crippen molar-refractivity contribution in [3.05, 3.63) is 65.2 Å². The predicted octanol–water partition coefficient (Wildman–Crippen LogP) is 3.27. The molecule has 4 fully saturated rings. The second kappa shape index (κ2) is 7.20. The number of carbonyl (C=O) groups excluding carboxylic acids is 1. The van der Waals surface area contributed by atoms with Gasteiger partial charge < -0.3 is 9.64 Å². The Labute approximate surface area is 171 Å². The number of likely N-dealkylation sites (tertiary alicyclic amines) is 1. The van der Waals surface area contributed by atoms with E-state index in [-0.39, 0.29) is 17.9 Å². The lowest BCUT2D eigenvalue weighted by Gasteiger charge is -2.51. The quantitative estimate of drug-likeness (QED) is 0.811. The van der Waals surface area contributed by atoms with Crippen molar-refractivity contribution in [2.75, 3.05) is 26.7 Å². The highest BCUT2D eigenvalue weighted by molar-refractivity contribution is 5.97. The zero-order valence-electron chi connectivity index (χ0n) is 16.6. The monoisotopic (exact) mass is 387 g/mol. The molecule has 3 atom stereocenters. The minimum Gasteiger partial charge on any atom is -0.496 e. The highest BCUT2D eigenvalue weighted by atomic mass is 16.5. The third kappa shape index (κ3) is 2.82. The first-order chi connectivity index (χ1) is 14.2. The fraction of sp³-hybridized carbons (Fsp3) is 0.417. The Balaban J connectivity index is 1.57. The Hall–Kier alpha value is -2.84. The summed E-state index contributed by atoms with van der Waals surface area (Å²) in [7, 11) is 1.71. The van der Waals surface area contributed by atoms with Crippen molar-refractivity contribution in [1.29, 1.82) is 5.26 Å². The van der Waals surface area contributed by atoms with Crippen LogP contribution >= 0.6 is 0 Å². The van der Waals surface area contributed by atoms with Crippen molar-refractivity contribution in [3.63, 3.8) is 0 Å². The summed E-state index contributed by atoms with van der Waals surface area (Å²) in [6.07, 6.45) is 2.28. The van der Waals surface area contributed by atoms with Crippen molar-refractivity contribution >= 4 is 5.91 Å². The lowest BCUT2D eigenvalue weighted by molar-refractivity contribution is -0.00351. The Morgan fingerprint density at radius 3 is 2.55 bits per heavy atom. The van der Waals surface area contributed by atoms with Gasteiger partial charge in [0.25, 0.3) is 5.91 Å². The van der Waals surface area contributed by atoms with E-state index in [0.29, 0.717) is 29.6 Å². The second-order valence-corrected chi connectivity index (χ2v) is 8.32. The van der Waals surface area contributed by atoms with Gasteiger partial charge in [-0.25, -0.2) is 0 Å². The zero-order chi connectivity index (χ0) is 20.0. The molecule has 4 aliphatic heterocycles. The molecule has 0 aromatic heterocycles. The molecule has 2 aromatic carbocycles. The number of ether oxygens (including phenoxy) is 1. The Morgan fingerprint density at radius 1 is 1.07 bits per heavy atom. The van der Waals surface area contributed by atoms with Crippen molar-refractivity contribution in [1.82, 2.24) is 9.80 Å². The number of hydrogen-bond acceptors (Lipinski definition) is 4. The van der Waals surface area contributed by atoms with Crippen LogP contribution < -0.4 is 4.74 Å². The molecule has 0 saturated carbocycles. The number of piperidine rings is 3. The highest BCUT2D eigenvalue weighted by Crippen LogP contribution is 2.48. The molecule has 2 aromatic rings. The van der Waals surface area contributed by atoms with Gasteiger partial charge in [-0.2, -0.15) is 5.26 Å². The van der Waals surface area contributed by atoms with Crippen LogP contribution in [0, 0.1) is 17.2 Å². The molecule has 2 bridgehead atoms. The largest absolute Gasteiger partial charge is 0.496 e. The van der Waals surface area contributed by atoms with Gasteiger partial charge in [0, 0.05) is 24.1 Å². The van der Waals surface area contributed by atoms with Crippen molar-refractivity contribution in [3.8, 4) is 11.8 Å². The van der Waals surface area contributed by atoms with Crippen LogP contribution in [0.2, 0.25) is 0 Å². The number of amides is 1. The van der Waals surface area contributed by atoms with E-state index in [1.807, 2.05) is 24.3 Å². The Bertz CT molecular complexity index is 974.